The number of aliphatic imine (C=N–C) groups is 4. The normalized spacial score (nSPS) is 20.5. The van der Waals surface area contributed by atoms with Crippen molar-refractivity contribution in [2.45, 2.75) is 5.51 Å². The zero-order valence-corrected chi connectivity index (χ0v) is 16.8. The molecule has 162 valence electrons. The van der Waals surface area contributed by atoms with Crippen LogP contribution in [-0.4, -0.2) is 41.3 Å². The minimum Gasteiger partial charge on any atom is -0.279 e. The average molecular weight is 458 g/mol. The van der Waals surface area contributed by atoms with E-state index in [4.69, 9.17) is 13.0 Å². The monoisotopic (exact) mass is 458 g/mol. The van der Waals surface area contributed by atoms with Gasteiger partial charge < -0.3 is 0 Å². The molecule has 0 aromatic heterocycles. The molecule has 0 radical (unpaired) electrons. The molecule has 0 saturated heterocycles. The molecule has 0 atom stereocenters. The highest BCUT2D eigenvalue weighted by molar-refractivity contribution is 7.86. The van der Waals surface area contributed by atoms with Crippen molar-refractivity contribution in [3.8, 4) is 0 Å². The van der Waals surface area contributed by atoms with Crippen LogP contribution < -0.4 is 0 Å². The maximum Gasteiger partial charge on any atom is 0.522 e. The van der Waals surface area contributed by atoms with E-state index in [2.05, 4.69) is 20.0 Å². The number of nitrogens with zero attached hydrogens (tertiary/aromatic N) is 4. The minimum absolute atomic E-state index is 0.894. The summed E-state index contributed by atoms with van der Waals surface area (Å²) in [7, 11) is -5.84. The average Bonchev–Trinajstić information content (AvgIpc) is 3.46. The lowest BCUT2D eigenvalue weighted by atomic mass is 10.2. The number of hydrogen-bond donors (Lipinski definition) is 1. The lowest BCUT2D eigenvalue weighted by molar-refractivity contribution is -0.0510. The molecular formula is C21H13F3N4O3S. The number of rotatable bonds is 0. The van der Waals surface area contributed by atoms with Gasteiger partial charge >= 0.3 is 15.6 Å². The smallest absolute Gasteiger partial charge is 0.279 e. The summed E-state index contributed by atoms with van der Waals surface area (Å²) in [4.78, 5) is 18.4. The van der Waals surface area contributed by atoms with Crippen molar-refractivity contribution in [1.82, 2.24) is 0 Å². The van der Waals surface area contributed by atoms with Gasteiger partial charge in [0.1, 0.15) is 0 Å². The molecule has 1 N–H and O–H groups in total. The number of alkyl halides is 3. The summed E-state index contributed by atoms with van der Waals surface area (Å²) in [6, 6.07) is 0. The van der Waals surface area contributed by atoms with Crippen LogP contribution in [0.25, 0.3) is 0 Å². The van der Waals surface area contributed by atoms with Crippen molar-refractivity contribution in [2.75, 3.05) is 0 Å². The third kappa shape index (κ3) is 5.13. The number of hydrogen-bond acceptors (Lipinski definition) is 6. The Labute approximate surface area is 180 Å². The summed E-state index contributed by atoms with van der Waals surface area (Å²) in [5.41, 5.74) is 1.61. The van der Waals surface area contributed by atoms with Crippen molar-refractivity contribution in [1.29, 1.82) is 0 Å². The van der Waals surface area contributed by atoms with Gasteiger partial charge in [0.25, 0.3) is 0 Å². The van der Waals surface area contributed by atoms with Crippen molar-refractivity contribution in [2.24, 2.45) is 20.0 Å². The fourth-order valence-corrected chi connectivity index (χ4v) is 2.83. The maximum atomic E-state index is 10.7. The zero-order valence-electron chi connectivity index (χ0n) is 16.0. The van der Waals surface area contributed by atoms with Crippen LogP contribution in [0.5, 0.6) is 0 Å². The third-order valence-corrected chi connectivity index (χ3v) is 4.79. The van der Waals surface area contributed by atoms with Gasteiger partial charge in [-0.1, -0.05) is 0 Å². The molecule has 0 saturated carbocycles. The molecule has 0 unspecified atom stereocenters. The molecule has 32 heavy (non-hydrogen) atoms. The van der Waals surface area contributed by atoms with Crippen LogP contribution in [0.2, 0.25) is 0 Å². The second kappa shape index (κ2) is 8.09. The molecule has 0 spiro atoms. The van der Waals surface area contributed by atoms with Gasteiger partial charge in [-0.05, 0) is 72.9 Å². The fraction of sp³-hybridized carbons (Fsp3) is 0.0476. The van der Waals surface area contributed by atoms with Crippen molar-refractivity contribution in [3.05, 3.63) is 95.7 Å². The Morgan fingerprint density at radius 2 is 0.781 bits per heavy atom. The maximum absolute atomic E-state index is 10.7. The van der Waals surface area contributed by atoms with Crippen molar-refractivity contribution >= 4 is 33.0 Å². The quantitative estimate of drug-likeness (QED) is 0.439. The first-order valence-electron chi connectivity index (χ1n) is 9.03. The Bertz CT molecular complexity index is 1180. The Morgan fingerprint density at radius 3 is 0.969 bits per heavy atom. The zero-order chi connectivity index (χ0) is 22.9. The summed E-state index contributed by atoms with van der Waals surface area (Å²) in [6.45, 7) is 0. The molecule has 5 rings (SSSR count). The summed E-state index contributed by atoms with van der Waals surface area (Å²) in [6.07, 6.45) is 23.8. The van der Waals surface area contributed by atoms with Gasteiger partial charge in [0.2, 0.25) is 0 Å². The van der Waals surface area contributed by atoms with Gasteiger partial charge in [-0.15, -0.1) is 0 Å². The van der Waals surface area contributed by atoms with E-state index < -0.39 is 15.6 Å². The van der Waals surface area contributed by atoms with Gasteiger partial charge in [-0.25, -0.2) is 20.0 Å². The Kier molecular flexibility index (Phi) is 5.45. The first kappa shape index (κ1) is 21.5. The summed E-state index contributed by atoms with van der Waals surface area (Å²) < 4.78 is 57.5. The summed E-state index contributed by atoms with van der Waals surface area (Å²) in [5, 5.41) is 0. The predicted molar refractivity (Wildman–Crippen MR) is 116 cm³/mol. The molecule has 0 aromatic rings. The largest absolute Gasteiger partial charge is 0.522 e. The Hall–Kier alpha value is -3.70. The van der Waals surface area contributed by atoms with E-state index in [1.165, 1.54) is 0 Å². The van der Waals surface area contributed by atoms with E-state index in [0.29, 0.717) is 0 Å². The Balaban J connectivity index is 0.000000265. The van der Waals surface area contributed by atoms with Crippen LogP contribution in [0, 0.1) is 0 Å². The molecule has 5 heterocycles. The van der Waals surface area contributed by atoms with Crippen LogP contribution in [0.3, 0.4) is 0 Å². The van der Waals surface area contributed by atoms with Crippen LogP contribution in [0.15, 0.2) is 116 Å². The fourth-order valence-electron chi connectivity index (χ4n) is 2.83. The summed E-state index contributed by atoms with van der Waals surface area (Å²) >= 11 is 0. The summed E-state index contributed by atoms with van der Waals surface area (Å²) in [5.74, 6) is 0. The minimum atomic E-state index is -5.84. The second-order valence-electron chi connectivity index (χ2n) is 6.68. The van der Waals surface area contributed by atoms with Gasteiger partial charge in [0.05, 0.1) is 45.6 Å². The molecular weight excluding hydrogens is 445 g/mol. The number of fused-ring (bicyclic) bond motifs is 4. The van der Waals surface area contributed by atoms with Crippen LogP contribution in [0.1, 0.15) is 0 Å². The molecule has 0 fully saturated rings. The SMILES string of the molecule is C1=CC2=NC1=CC1=NC(=CC3=NC(=CC4=NC(=C2)C=C4)C=C3)C=C1.O=S(=O)(O)C(F)(F)F. The van der Waals surface area contributed by atoms with Gasteiger partial charge in [0, 0.05) is 0 Å². The number of halogens is 3. The highest BCUT2D eigenvalue weighted by Crippen LogP contribution is 2.21. The van der Waals surface area contributed by atoms with Gasteiger partial charge in [-0.3, -0.25) is 4.55 Å². The third-order valence-electron chi connectivity index (χ3n) is 4.21. The molecule has 5 aliphatic rings. The van der Waals surface area contributed by atoms with Crippen molar-refractivity contribution in [3.63, 3.8) is 0 Å². The van der Waals surface area contributed by atoms with Crippen LogP contribution in [-0.2, 0) is 10.1 Å². The topological polar surface area (TPSA) is 104 Å². The molecule has 0 amide bonds. The van der Waals surface area contributed by atoms with E-state index in [1.54, 1.807) is 0 Å². The first-order chi connectivity index (χ1) is 15.0. The van der Waals surface area contributed by atoms with E-state index >= 15 is 0 Å². The molecule has 8 bridgehead atoms. The highest BCUT2D eigenvalue weighted by atomic mass is 32.2. The van der Waals surface area contributed by atoms with Crippen LogP contribution in [0.4, 0.5) is 13.2 Å². The van der Waals surface area contributed by atoms with Gasteiger partial charge in [0.15, 0.2) is 0 Å². The van der Waals surface area contributed by atoms with E-state index in [-0.39, 0.29) is 0 Å². The second-order valence-corrected chi connectivity index (χ2v) is 8.09. The lowest BCUT2D eigenvalue weighted by Gasteiger charge is -1.97. The first-order valence-corrected chi connectivity index (χ1v) is 10.5. The lowest BCUT2D eigenvalue weighted by Crippen LogP contribution is -2.21. The van der Waals surface area contributed by atoms with Crippen molar-refractivity contribution < 1.29 is 26.1 Å². The standard InChI is InChI=1S/C20H12N4.CHF3O3S/c1-2-14-10-16-5-6-18(23-16)12-20-8-7-19(24-20)11-17-4-3-15(22-17)9-13(1)21-14;2-1(3,4)8(5,6)7/h1-12H;(H,5,6,7). The molecule has 5 aliphatic heterocycles. The molecule has 0 aliphatic carbocycles. The predicted octanol–water partition coefficient (Wildman–Crippen LogP) is 3.97. The number of allylic oxidation sites excluding steroid dienone is 12. The van der Waals surface area contributed by atoms with Gasteiger partial charge in [-0.2, -0.15) is 21.6 Å². The van der Waals surface area contributed by atoms with E-state index in [0.717, 1.165) is 45.6 Å². The molecule has 11 heteroatoms. The van der Waals surface area contributed by atoms with E-state index in [1.807, 2.05) is 72.9 Å². The molecule has 7 nitrogen and oxygen atoms in total. The van der Waals surface area contributed by atoms with E-state index in [9.17, 15) is 13.2 Å². The van der Waals surface area contributed by atoms with Crippen LogP contribution >= 0.6 is 0 Å². The highest BCUT2D eigenvalue weighted by Gasteiger charge is 2.44. The Morgan fingerprint density at radius 1 is 0.562 bits per heavy atom. The molecule has 0 aromatic carbocycles.